The van der Waals surface area contributed by atoms with Crippen molar-refractivity contribution in [3.8, 4) is 55.6 Å². The fourth-order valence-corrected chi connectivity index (χ4v) is 13.3. The summed E-state index contributed by atoms with van der Waals surface area (Å²) in [5, 5.41) is 19.5. The Kier molecular flexibility index (Phi) is 7.38. The van der Waals surface area contributed by atoms with E-state index in [0.717, 1.165) is 44.2 Å². The Balaban J connectivity index is 1.10. The molecular weight excluding hydrogens is 849 g/mol. The first-order valence-corrected chi connectivity index (χ1v) is 24.5. The normalized spacial score (nSPS) is 12.6. The van der Waals surface area contributed by atoms with Gasteiger partial charge in [0.05, 0.1) is 0 Å². The maximum Gasteiger partial charge on any atom is 0.136 e. The van der Waals surface area contributed by atoms with Gasteiger partial charge in [-0.3, -0.25) is 0 Å². The van der Waals surface area contributed by atoms with Gasteiger partial charge in [0.2, 0.25) is 0 Å². The maximum absolute atomic E-state index is 7.42. The van der Waals surface area contributed by atoms with Crippen LogP contribution in [-0.2, 0) is 0 Å². The molecule has 0 saturated heterocycles. The minimum Gasteiger partial charge on any atom is -0.456 e. The van der Waals surface area contributed by atoms with Crippen molar-refractivity contribution in [3.63, 3.8) is 0 Å². The van der Waals surface area contributed by atoms with Crippen LogP contribution in [0.15, 0.2) is 191 Å². The van der Waals surface area contributed by atoms with Gasteiger partial charge in [-0.15, -0.1) is 0 Å². The monoisotopic (exact) mass is 890 g/mol. The second-order valence-corrected chi connectivity index (χ2v) is 19.9. The van der Waals surface area contributed by atoms with Crippen molar-refractivity contribution in [2.75, 3.05) is 0 Å². The molecule has 2 heteroatoms. The van der Waals surface area contributed by atoms with E-state index in [9.17, 15) is 0 Å². The lowest BCUT2D eigenvalue weighted by Crippen LogP contribution is -2.00. The summed E-state index contributed by atoms with van der Waals surface area (Å²) in [6.07, 6.45) is 0. The molecule has 0 spiro atoms. The van der Waals surface area contributed by atoms with Crippen LogP contribution >= 0.6 is 0 Å². The number of hydrogen-bond acceptors (Lipinski definition) is 2. The van der Waals surface area contributed by atoms with E-state index in [1.54, 1.807) is 0 Å². The standard InChI is InChI=1S/C68H42O2/c1-35-15-5-9-19-39(35)49-31-51(41-21-11-7-17-37(41)3)63-53-33-57-67-65-55(29-27-47(61(53)65)43-23-13-25-45(49)59(43)63)70-58-34-54-62-48(28-30-56(69-57)66(62)68(58)67)44-24-14-26-46-50(40-20-10-6-16-36(40)2)32-52(64(54)60(44)46)42-22-12-8-18-38(42)4/h5-34H,1-4H3. The predicted octanol–water partition coefficient (Wildman–Crippen LogP) is 19.7. The number of rotatable bonds is 4. The van der Waals surface area contributed by atoms with Gasteiger partial charge in [0.1, 0.15) is 22.3 Å². The minimum absolute atomic E-state index is 0.860. The van der Waals surface area contributed by atoms with Crippen LogP contribution in [0, 0.1) is 27.7 Å². The lowest BCUT2D eigenvalue weighted by atomic mass is 9.79. The number of fused-ring (bicyclic) bond motifs is 4. The molecule has 0 aromatic heterocycles. The van der Waals surface area contributed by atoms with Crippen molar-refractivity contribution in [3.05, 3.63) is 204 Å². The van der Waals surface area contributed by atoms with Crippen molar-refractivity contribution in [2.24, 2.45) is 0 Å². The molecule has 2 aliphatic heterocycles. The first-order chi connectivity index (χ1) is 34.4. The van der Waals surface area contributed by atoms with Gasteiger partial charge in [-0.25, -0.2) is 0 Å². The summed E-state index contributed by atoms with van der Waals surface area (Å²) < 4.78 is 14.8. The van der Waals surface area contributed by atoms with Gasteiger partial charge in [0.15, 0.2) is 0 Å². The van der Waals surface area contributed by atoms with E-state index in [0.29, 0.717) is 0 Å². The quantitative estimate of drug-likeness (QED) is 0.130. The predicted molar refractivity (Wildman–Crippen MR) is 297 cm³/mol. The van der Waals surface area contributed by atoms with Crippen LogP contribution in [0.1, 0.15) is 22.3 Å². The zero-order chi connectivity index (χ0) is 46.3. The average Bonchev–Trinajstić information content (AvgIpc) is 3.39. The molecule has 0 fully saturated rings. The number of hydrogen-bond donors (Lipinski definition) is 0. The van der Waals surface area contributed by atoms with E-state index < -0.39 is 0 Å². The molecule has 0 aliphatic carbocycles. The van der Waals surface area contributed by atoms with E-state index in [-0.39, 0.29) is 0 Å². The van der Waals surface area contributed by atoms with Crippen molar-refractivity contribution in [1.29, 1.82) is 0 Å². The Labute approximate surface area is 402 Å². The Morgan fingerprint density at radius 2 is 0.543 bits per heavy atom. The minimum atomic E-state index is 0.860. The summed E-state index contributed by atoms with van der Waals surface area (Å²) in [5.74, 6) is 0. The van der Waals surface area contributed by atoms with Crippen LogP contribution in [-0.4, -0.2) is 0 Å². The Morgan fingerprint density at radius 1 is 0.214 bits per heavy atom. The molecule has 0 amide bonds. The third kappa shape index (κ3) is 4.78. The third-order valence-corrected chi connectivity index (χ3v) is 16.3. The molecule has 14 aromatic rings. The smallest absolute Gasteiger partial charge is 0.136 e. The van der Waals surface area contributed by atoms with Gasteiger partial charge in [-0.1, -0.05) is 133 Å². The molecule has 0 radical (unpaired) electrons. The van der Waals surface area contributed by atoms with E-state index in [1.807, 2.05) is 0 Å². The molecular formula is C68H42O2. The van der Waals surface area contributed by atoms with Crippen LogP contribution in [0.2, 0.25) is 0 Å². The lowest BCUT2D eigenvalue weighted by molar-refractivity contribution is 0.647. The highest BCUT2D eigenvalue weighted by Gasteiger charge is 2.32. The first-order valence-electron chi connectivity index (χ1n) is 24.5. The molecule has 70 heavy (non-hydrogen) atoms. The van der Waals surface area contributed by atoms with E-state index in [4.69, 9.17) is 8.83 Å². The van der Waals surface area contributed by atoms with Gasteiger partial charge in [0, 0.05) is 32.7 Å². The molecule has 16 rings (SSSR count). The Bertz CT molecular complexity index is 4550. The second kappa shape index (κ2) is 13.5. The zero-order valence-corrected chi connectivity index (χ0v) is 39.1. The van der Waals surface area contributed by atoms with Crippen molar-refractivity contribution < 1.29 is 8.83 Å². The molecule has 14 aromatic carbocycles. The highest BCUT2D eigenvalue weighted by atomic mass is 16.3. The van der Waals surface area contributed by atoms with Gasteiger partial charge in [-0.2, -0.15) is 0 Å². The highest BCUT2D eigenvalue weighted by Crippen LogP contribution is 2.57. The van der Waals surface area contributed by atoms with Gasteiger partial charge >= 0.3 is 0 Å². The first kappa shape index (κ1) is 38.3. The van der Waals surface area contributed by atoms with Gasteiger partial charge in [0.25, 0.3) is 0 Å². The zero-order valence-electron chi connectivity index (χ0n) is 39.1. The molecule has 0 atom stereocenters. The Morgan fingerprint density at radius 3 is 0.929 bits per heavy atom. The van der Waals surface area contributed by atoms with Gasteiger partial charge < -0.3 is 8.83 Å². The van der Waals surface area contributed by atoms with Crippen molar-refractivity contribution >= 4 is 109 Å². The van der Waals surface area contributed by atoms with Crippen LogP contribution in [0.4, 0.5) is 0 Å². The molecule has 2 heterocycles. The molecule has 2 aliphatic rings. The molecule has 0 bridgehead atoms. The SMILES string of the molecule is Cc1ccccc1-c1cc(-c2ccccc2C)c2c3cc4oc5ccc6c7cccc8c(-c9ccccc9C)cc(-c9ccccc9C)c(c9cc%10oc%11ccc(c%12cccc1c%122)c3c%11c4-c%10c5c69)c87. The topological polar surface area (TPSA) is 26.3 Å². The van der Waals surface area contributed by atoms with Crippen LogP contribution < -0.4 is 0 Å². The summed E-state index contributed by atoms with van der Waals surface area (Å²) in [6.45, 7) is 8.93. The van der Waals surface area contributed by atoms with Crippen molar-refractivity contribution in [2.45, 2.75) is 27.7 Å². The summed E-state index contributed by atoms with van der Waals surface area (Å²) in [6, 6.07) is 67.8. The molecule has 0 N–H and O–H groups in total. The third-order valence-electron chi connectivity index (χ3n) is 16.3. The van der Waals surface area contributed by atoms with Crippen LogP contribution in [0.3, 0.4) is 0 Å². The summed E-state index contributed by atoms with van der Waals surface area (Å²) in [4.78, 5) is 0. The molecule has 0 saturated carbocycles. The average molecular weight is 891 g/mol. The molecule has 326 valence electrons. The fraction of sp³-hybridized carbons (Fsp3) is 0.0588. The summed E-state index contributed by atoms with van der Waals surface area (Å²) in [5.41, 5.74) is 20.6. The Hall–Kier alpha value is -8.72. The number of aryl methyl sites for hydroxylation is 4. The molecule has 0 unspecified atom stereocenters. The highest BCUT2D eigenvalue weighted by molar-refractivity contribution is 6.44. The fourth-order valence-electron chi connectivity index (χ4n) is 13.3. The lowest BCUT2D eigenvalue weighted by Gasteiger charge is -2.26. The van der Waals surface area contributed by atoms with Crippen LogP contribution in [0.25, 0.3) is 164 Å². The largest absolute Gasteiger partial charge is 0.456 e. The van der Waals surface area contributed by atoms with Crippen molar-refractivity contribution in [1.82, 2.24) is 0 Å². The van der Waals surface area contributed by atoms with E-state index in [1.165, 1.54) is 142 Å². The summed E-state index contributed by atoms with van der Waals surface area (Å²) >= 11 is 0. The van der Waals surface area contributed by atoms with Gasteiger partial charge in [-0.05, 0) is 208 Å². The van der Waals surface area contributed by atoms with E-state index in [2.05, 4.69) is 210 Å². The second-order valence-electron chi connectivity index (χ2n) is 19.9. The van der Waals surface area contributed by atoms with E-state index >= 15 is 0 Å². The summed E-state index contributed by atoms with van der Waals surface area (Å²) in [7, 11) is 0. The van der Waals surface area contributed by atoms with Crippen LogP contribution in [0.5, 0.6) is 0 Å². The maximum atomic E-state index is 7.42. The number of benzene rings is 14. The molecule has 2 nitrogen and oxygen atoms in total.